The number of non-ortho nitro benzene ring substituents is 1. The fourth-order valence-corrected chi connectivity index (χ4v) is 2.81. The molecule has 0 radical (unpaired) electrons. The minimum absolute atomic E-state index is 0.170. The molecule has 0 amide bonds. The number of hydrogen-bond donors (Lipinski definition) is 1. The lowest BCUT2D eigenvalue weighted by Gasteiger charge is -2.12. The van der Waals surface area contributed by atoms with E-state index < -0.39 is 9.85 Å². The Morgan fingerprint density at radius 1 is 1.08 bits per heavy atom. The molecule has 3 rings (SSSR count). The Morgan fingerprint density at radius 2 is 1.85 bits per heavy atom. The zero-order chi connectivity index (χ0) is 18.7. The lowest BCUT2D eigenvalue weighted by Crippen LogP contribution is -2.04. The Labute approximate surface area is 152 Å². The maximum atomic E-state index is 11.2. The number of nitro benzene ring substituents is 2. The van der Waals surface area contributed by atoms with Crippen molar-refractivity contribution in [3.63, 3.8) is 0 Å². The van der Waals surface area contributed by atoms with Crippen molar-refractivity contribution in [2.24, 2.45) is 0 Å². The first-order valence-corrected chi connectivity index (χ1v) is 8.08. The predicted molar refractivity (Wildman–Crippen MR) is 94.1 cm³/mol. The Bertz CT molecular complexity index is 873. The number of anilines is 1. The molecule has 2 aromatic carbocycles. The number of ether oxygens (including phenoxy) is 2. The van der Waals surface area contributed by atoms with Gasteiger partial charge in [0, 0.05) is 19.0 Å². The van der Waals surface area contributed by atoms with Gasteiger partial charge in [-0.25, -0.2) is 0 Å². The highest BCUT2D eigenvalue weighted by Gasteiger charge is 2.20. The largest absolute Gasteiger partial charge is 0.489 e. The molecule has 26 heavy (non-hydrogen) atoms. The van der Waals surface area contributed by atoms with E-state index in [0.29, 0.717) is 29.7 Å². The second kappa shape index (κ2) is 7.44. The van der Waals surface area contributed by atoms with Gasteiger partial charge in [-0.05, 0) is 23.8 Å². The zero-order valence-electron chi connectivity index (χ0n) is 13.4. The van der Waals surface area contributed by atoms with Crippen LogP contribution < -0.4 is 14.8 Å². The van der Waals surface area contributed by atoms with Crippen molar-refractivity contribution < 1.29 is 19.3 Å². The number of fused-ring (bicyclic) bond motifs is 1. The first-order valence-electron chi connectivity index (χ1n) is 7.70. The van der Waals surface area contributed by atoms with Crippen molar-refractivity contribution >= 4 is 28.7 Å². The van der Waals surface area contributed by atoms with Crippen LogP contribution in [0.1, 0.15) is 12.0 Å². The van der Waals surface area contributed by atoms with Crippen LogP contribution in [0.15, 0.2) is 30.3 Å². The summed E-state index contributed by atoms with van der Waals surface area (Å²) in [5.41, 5.74) is 0.177. The molecule has 0 unspecified atom stereocenters. The molecule has 10 heteroatoms. The summed E-state index contributed by atoms with van der Waals surface area (Å²) in [6.07, 6.45) is 0.744. The highest BCUT2D eigenvalue weighted by Crippen LogP contribution is 2.38. The number of rotatable bonds is 5. The fraction of sp³-hybridized carbons (Fsp3) is 0.250. The molecule has 136 valence electrons. The molecule has 0 saturated heterocycles. The molecule has 1 aliphatic rings. The molecule has 0 bridgehead atoms. The summed E-state index contributed by atoms with van der Waals surface area (Å²) in [6.45, 7) is 1.24. The van der Waals surface area contributed by atoms with Gasteiger partial charge in [0.05, 0.1) is 34.1 Å². The van der Waals surface area contributed by atoms with E-state index in [1.807, 2.05) is 0 Å². The molecule has 9 nitrogen and oxygen atoms in total. The molecule has 0 spiro atoms. The van der Waals surface area contributed by atoms with E-state index >= 15 is 0 Å². The Hall–Kier alpha value is -3.07. The van der Waals surface area contributed by atoms with Crippen molar-refractivity contribution in [1.82, 2.24) is 0 Å². The van der Waals surface area contributed by atoms with E-state index in [-0.39, 0.29) is 23.6 Å². The smallest absolute Gasteiger partial charge is 0.299 e. The number of nitro groups is 2. The maximum absolute atomic E-state index is 11.2. The normalized spacial score (nSPS) is 13.0. The molecule has 0 atom stereocenters. The van der Waals surface area contributed by atoms with E-state index in [1.165, 1.54) is 12.1 Å². The van der Waals surface area contributed by atoms with E-state index in [9.17, 15) is 20.2 Å². The van der Waals surface area contributed by atoms with Gasteiger partial charge in [0.15, 0.2) is 11.5 Å². The quantitative estimate of drug-likeness (QED) is 0.617. The molecule has 1 N–H and O–H groups in total. The highest BCUT2D eigenvalue weighted by molar-refractivity contribution is 6.32. The van der Waals surface area contributed by atoms with Crippen LogP contribution in [0, 0.1) is 20.2 Å². The van der Waals surface area contributed by atoms with Crippen molar-refractivity contribution in [2.45, 2.75) is 13.0 Å². The average molecular weight is 380 g/mol. The molecule has 0 aliphatic carbocycles. The summed E-state index contributed by atoms with van der Waals surface area (Å²) < 4.78 is 11.2. The van der Waals surface area contributed by atoms with Crippen molar-refractivity contribution in [3.8, 4) is 11.5 Å². The maximum Gasteiger partial charge on any atom is 0.299 e. The van der Waals surface area contributed by atoms with Gasteiger partial charge in [0.25, 0.3) is 11.4 Å². The highest BCUT2D eigenvalue weighted by atomic mass is 35.5. The number of halogens is 1. The van der Waals surface area contributed by atoms with E-state index in [0.717, 1.165) is 18.1 Å². The van der Waals surface area contributed by atoms with Crippen LogP contribution in [-0.2, 0) is 6.54 Å². The van der Waals surface area contributed by atoms with Crippen LogP contribution in [0.4, 0.5) is 17.1 Å². The van der Waals surface area contributed by atoms with Crippen molar-refractivity contribution in [3.05, 3.63) is 61.1 Å². The Balaban J connectivity index is 1.83. The molecule has 0 saturated carbocycles. The lowest BCUT2D eigenvalue weighted by molar-refractivity contribution is -0.393. The molecular formula is C16H14ClN3O6. The van der Waals surface area contributed by atoms with Crippen LogP contribution in [-0.4, -0.2) is 23.1 Å². The third-order valence-corrected chi connectivity index (χ3v) is 4.01. The number of nitrogens with one attached hydrogen (secondary N) is 1. The van der Waals surface area contributed by atoms with Crippen LogP contribution >= 0.6 is 11.6 Å². The van der Waals surface area contributed by atoms with Gasteiger partial charge < -0.3 is 14.8 Å². The van der Waals surface area contributed by atoms with E-state index in [4.69, 9.17) is 21.1 Å². The van der Waals surface area contributed by atoms with Crippen LogP contribution in [0.25, 0.3) is 0 Å². The molecule has 0 aromatic heterocycles. The number of benzene rings is 2. The van der Waals surface area contributed by atoms with Gasteiger partial charge in [-0.2, -0.15) is 0 Å². The summed E-state index contributed by atoms with van der Waals surface area (Å²) in [5.74, 6) is 0.999. The molecule has 2 aromatic rings. The molecule has 1 heterocycles. The average Bonchev–Trinajstić information content (AvgIpc) is 2.85. The van der Waals surface area contributed by atoms with E-state index in [1.54, 1.807) is 12.1 Å². The minimum Gasteiger partial charge on any atom is -0.489 e. The Morgan fingerprint density at radius 3 is 2.58 bits per heavy atom. The van der Waals surface area contributed by atoms with Gasteiger partial charge in [0.2, 0.25) is 0 Å². The Kier molecular flexibility index (Phi) is 5.08. The molecule has 0 fully saturated rings. The van der Waals surface area contributed by atoms with Gasteiger partial charge in [-0.1, -0.05) is 11.6 Å². The fourth-order valence-electron chi connectivity index (χ4n) is 2.52. The van der Waals surface area contributed by atoms with E-state index in [2.05, 4.69) is 5.32 Å². The zero-order valence-corrected chi connectivity index (χ0v) is 14.2. The van der Waals surface area contributed by atoms with Crippen LogP contribution in [0.5, 0.6) is 11.5 Å². The monoisotopic (exact) mass is 379 g/mol. The third kappa shape index (κ3) is 3.77. The second-order valence-electron chi connectivity index (χ2n) is 5.52. The second-order valence-corrected chi connectivity index (χ2v) is 5.93. The van der Waals surface area contributed by atoms with Gasteiger partial charge >= 0.3 is 0 Å². The van der Waals surface area contributed by atoms with Crippen molar-refractivity contribution in [1.29, 1.82) is 0 Å². The van der Waals surface area contributed by atoms with Crippen molar-refractivity contribution in [2.75, 3.05) is 18.5 Å². The summed E-state index contributed by atoms with van der Waals surface area (Å²) in [4.78, 5) is 20.6. The summed E-state index contributed by atoms with van der Waals surface area (Å²) in [7, 11) is 0. The lowest BCUT2D eigenvalue weighted by atomic mass is 10.2. The SMILES string of the molecule is O=[N+]([O-])c1ccc(NCc2cc(Cl)c3c(c2)OCCCO3)c([N+](=O)[O-])c1. The summed E-state index contributed by atoms with van der Waals surface area (Å²) in [5, 5.41) is 25.3. The summed E-state index contributed by atoms with van der Waals surface area (Å²) in [6, 6.07) is 6.86. The van der Waals surface area contributed by atoms with Gasteiger partial charge in [-0.15, -0.1) is 0 Å². The first-order chi connectivity index (χ1) is 12.5. The first kappa shape index (κ1) is 17.7. The standard InChI is InChI=1S/C16H14ClN3O6/c17-12-6-10(7-15-16(12)26-5-1-4-25-15)9-18-13-3-2-11(19(21)22)8-14(13)20(23)24/h2-3,6-8,18H,1,4-5,9H2. The number of nitrogens with zero attached hydrogens (tertiary/aromatic N) is 2. The number of hydrogen-bond acceptors (Lipinski definition) is 7. The van der Waals surface area contributed by atoms with Crippen LogP contribution in [0.3, 0.4) is 0 Å². The molecule has 1 aliphatic heterocycles. The van der Waals surface area contributed by atoms with Crippen LogP contribution in [0.2, 0.25) is 5.02 Å². The topological polar surface area (TPSA) is 117 Å². The summed E-state index contributed by atoms with van der Waals surface area (Å²) >= 11 is 6.22. The predicted octanol–water partition coefficient (Wildman–Crippen LogP) is 3.93. The van der Waals surface area contributed by atoms with Gasteiger partial charge in [0.1, 0.15) is 5.69 Å². The van der Waals surface area contributed by atoms with Gasteiger partial charge in [-0.3, -0.25) is 20.2 Å². The minimum atomic E-state index is -0.680. The third-order valence-electron chi connectivity index (χ3n) is 3.73. The molecular weight excluding hydrogens is 366 g/mol.